The van der Waals surface area contributed by atoms with Crippen LogP contribution in [0.15, 0.2) is 47.8 Å². The van der Waals surface area contributed by atoms with Crippen molar-refractivity contribution in [3.05, 3.63) is 54.0 Å². The Balaban J connectivity index is 2.04. The van der Waals surface area contributed by atoms with Gasteiger partial charge in [0.15, 0.2) is 5.65 Å². The molecule has 0 bridgehead atoms. The first-order valence-corrected chi connectivity index (χ1v) is 5.35. The highest BCUT2D eigenvalue weighted by Crippen LogP contribution is 2.01. The molecule has 0 aliphatic carbocycles. The molecule has 0 aliphatic rings. The molecule has 0 radical (unpaired) electrons. The molecule has 0 aliphatic heterocycles. The van der Waals surface area contributed by atoms with Crippen molar-refractivity contribution in [2.24, 2.45) is 4.99 Å². The summed E-state index contributed by atoms with van der Waals surface area (Å²) in [5, 5.41) is 0. The van der Waals surface area contributed by atoms with Crippen LogP contribution in [-0.4, -0.2) is 25.8 Å². The summed E-state index contributed by atoms with van der Waals surface area (Å²) in [4.78, 5) is 29.7. The second-order valence-corrected chi connectivity index (χ2v) is 3.65. The number of nitrogens with zero attached hydrogens (tertiary/aromatic N) is 3. The molecule has 88 valence electrons. The van der Waals surface area contributed by atoms with Crippen molar-refractivity contribution in [1.29, 1.82) is 0 Å². The summed E-state index contributed by atoms with van der Waals surface area (Å²) in [6.45, 7) is 0. The predicted molar refractivity (Wildman–Crippen MR) is 64.6 cm³/mol. The maximum absolute atomic E-state index is 11.8. The number of fused-ring (bicyclic) bond motifs is 1. The number of hydrogen-bond acceptors (Lipinski definition) is 3. The van der Waals surface area contributed by atoms with Gasteiger partial charge in [-0.15, -0.1) is 0 Å². The van der Waals surface area contributed by atoms with E-state index >= 15 is 0 Å². The Kier molecular flexibility index (Phi) is 2.45. The average Bonchev–Trinajstić information content (AvgIpc) is 2.82. The fraction of sp³-hybridized carbons (Fsp3) is 0. The van der Waals surface area contributed by atoms with Gasteiger partial charge in [-0.05, 0) is 24.3 Å². The van der Waals surface area contributed by atoms with E-state index in [1.807, 2.05) is 6.07 Å². The van der Waals surface area contributed by atoms with Crippen LogP contribution in [0.2, 0.25) is 0 Å². The largest absolute Gasteiger partial charge is 0.322 e. The number of carbonyl (C=O) groups excluding carboxylic acids is 1. The first kappa shape index (κ1) is 10.4. The maximum atomic E-state index is 11.8. The highest BCUT2D eigenvalue weighted by atomic mass is 16.1. The van der Waals surface area contributed by atoms with Crippen molar-refractivity contribution in [2.75, 3.05) is 0 Å². The number of aromatic amines is 2. The molecule has 3 aromatic rings. The third-order valence-corrected chi connectivity index (χ3v) is 2.44. The molecule has 0 aromatic carbocycles. The minimum atomic E-state index is -0.333. The minimum absolute atomic E-state index is 0.333. The Morgan fingerprint density at radius 2 is 1.94 bits per heavy atom. The molecule has 0 fully saturated rings. The number of amides is 1. The Morgan fingerprint density at radius 1 is 1.11 bits per heavy atom. The lowest BCUT2D eigenvalue weighted by Crippen LogP contribution is -2.10. The summed E-state index contributed by atoms with van der Waals surface area (Å²) in [7, 11) is 0. The van der Waals surface area contributed by atoms with E-state index in [4.69, 9.17) is 0 Å². The molecule has 6 nitrogen and oxygen atoms in total. The van der Waals surface area contributed by atoms with Gasteiger partial charge in [-0.1, -0.05) is 0 Å². The van der Waals surface area contributed by atoms with Crippen LogP contribution in [-0.2, 0) is 0 Å². The zero-order valence-electron chi connectivity index (χ0n) is 9.29. The zero-order valence-corrected chi connectivity index (χ0v) is 9.29. The highest BCUT2D eigenvalue weighted by molar-refractivity contribution is 5.94. The Hall–Kier alpha value is -2.76. The van der Waals surface area contributed by atoms with Crippen molar-refractivity contribution >= 4 is 17.1 Å². The molecule has 0 saturated carbocycles. The normalized spacial score (nSPS) is 11.9. The van der Waals surface area contributed by atoms with Crippen LogP contribution in [0.5, 0.6) is 0 Å². The number of imidazole rings is 1. The van der Waals surface area contributed by atoms with E-state index in [2.05, 4.69) is 24.9 Å². The molecule has 2 N–H and O–H groups in total. The molecule has 1 amide bonds. The second kappa shape index (κ2) is 4.25. The standard InChI is InChI=1S/C12H9N5O/c18-11(8-3-6-13-7-4-8)17-12-15-9-2-1-5-14-10(9)16-12/h1-7H,(H2,14,15,16,17,18). The van der Waals surface area contributed by atoms with Crippen LogP contribution in [0.4, 0.5) is 0 Å². The summed E-state index contributed by atoms with van der Waals surface area (Å²) >= 11 is 0. The van der Waals surface area contributed by atoms with Crippen molar-refractivity contribution in [2.45, 2.75) is 0 Å². The zero-order chi connectivity index (χ0) is 12.4. The monoisotopic (exact) mass is 239 g/mol. The fourth-order valence-corrected chi connectivity index (χ4v) is 1.59. The highest BCUT2D eigenvalue weighted by Gasteiger charge is 2.03. The lowest BCUT2D eigenvalue weighted by molar-refractivity contribution is 0.0997. The first-order chi connectivity index (χ1) is 8.83. The molecule has 3 heterocycles. The predicted octanol–water partition coefficient (Wildman–Crippen LogP) is 1.03. The molecule has 3 aromatic heterocycles. The Morgan fingerprint density at radius 3 is 2.72 bits per heavy atom. The number of carbonyl (C=O) groups is 1. The van der Waals surface area contributed by atoms with Crippen molar-refractivity contribution in [3.63, 3.8) is 0 Å². The number of rotatable bonds is 1. The van der Waals surface area contributed by atoms with E-state index in [9.17, 15) is 4.79 Å². The van der Waals surface area contributed by atoms with E-state index in [1.165, 1.54) is 0 Å². The van der Waals surface area contributed by atoms with Gasteiger partial charge in [-0.25, -0.2) is 4.98 Å². The number of pyridine rings is 2. The summed E-state index contributed by atoms with van der Waals surface area (Å²) in [5.74, 6) is -0.333. The number of aromatic nitrogens is 4. The molecule has 6 heteroatoms. The van der Waals surface area contributed by atoms with Gasteiger partial charge in [0.25, 0.3) is 5.91 Å². The average molecular weight is 239 g/mol. The van der Waals surface area contributed by atoms with Gasteiger partial charge in [0.05, 0.1) is 5.52 Å². The molecule has 18 heavy (non-hydrogen) atoms. The van der Waals surface area contributed by atoms with Crippen LogP contribution in [0.25, 0.3) is 11.2 Å². The minimum Gasteiger partial charge on any atom is -0.322 e. The number of nitrogens with one attached hydrogen (secondary N) is 2. The van der Waals surface area contributed by atoms with Crippen molar-refractivity contribution in [1.82, 2.24) is 19.9 Å². The Labute approximate surface area is 101 Å². The van der Waals surface area contributed by atoms with E-state index < -0.39 is 0 Å². The van der Waals surface area contributed by atoms with Gasteiger partial charge in [0.1, 0.15) is 0 Å². The van der Waals surface area contributed by atoms with Crippen molar-refractivity contribution in [3.8, 4) is 0 Å². The van der Waals surface area contributed by atoms with Gasteiger partial charge in [-0.2, -0.15) is 4.99 Å². The quantitative estimate of drug-likeness (QED) is 0.664. The van der Waals surface area contributed by atoms with E-state index in [1.54, 1.807) is 36.8 Å². The van der Waals surface area contributed by atoms with Crippen LogP contribution in [0, 0.1) is 0 Å². The van der Waals surface area contributed by atoms with Gasteiger partial charge in [-0.3, -0.25) is 9.78 Å². The molecular formula is C12H9N5O. The molecule has 3 rings (SSSR count). The van der Waals surface area contributed by atoms with Crippen LogP contribution < -0.4 is 5.62 Å². The van der Waals surface area contributed by atoms with E-state index in [0.717, 1.165) is 5.52 Å². The topological polar surface area (TPSA) is 86.8 Å². The summed E-state index contributed by atoms with van der Waals surface area (Å²) < 4.78 is 0. The summed E-state index contributed by atoms with van der Waals surface area (Å²) in [6.07, 6.45) is 4.78. The van der Waals surface area contributed by atoms with Gasteiger partial charge >= 0.3 is 0 Å². The fourth-order valence-electron chi connectivity index (χ4n) is 1.59. The Bertz CT molecular complexity index is 720. The maximum Gasteiger partial charge on any atom is 0.280 e. The van der Waals surface area contributed by atoms with E-state index in [0.29, 0.717) is 16.8 Å². The van der Waals surface area contributed by atoms with Gasteiger partial charge < -0.3 is 9.97 Å². The number of H-pyrrole nitrogens is 2. The summed E-state index contributed by atoms with van der Waals surface area (Å²) in [6, 6.07) is 6.90. The van der Waals surface area contributed by atoms with Crippen molar-refractivity contribution < 1.29 is 4.79 Å². The SMILES string of the molecule is O=C(N=c1[nH]c2cccnc2[nH]1)c1ccncc1. The van der Waals surface area contributed by atoms with Gasteiger partial charge in [0.2, 0.25) is 5.62 Å². The summed E-state index contributed by atoms with van der Waals surface area (Å²) in [5.41, 5.74) is 2.34. The molecule has 0 spiro atoms. The molecule has 0 saturated heterocycles. The molecule has 0 atom stereocenters. The third kappa shape index (κ3) is 1.91. The first-order valence-electron chi connectivity index (χ1n) is 5.35. The van der Waals surface area contributed by atoms with Crippen LogP contribution >= 0.6 is 0 Å². The van der Waals surface area contributed by atoms with Gasteiger partial charge in [0, 0.05) is 24.2 Å². The van der Waals surface area contributed by atoms with E-state index in [-0.39, 0.29) is 5.91 Å². The second-order valence-electron chi connectivity index (χ2n) is 3.65. The third-order valence-electron chi connectivity index (χ3n) is 2.44. The smallest absolute Gasteiger partial charge is 0.280 e. The molecule has 0 unspecified atom stereocenters. The molecular weight excluding hydrogens is 230 g/mol. The lowest BCUT2D eigenvalue weighted by atomic mass is 10.3. The van der Waals surface area contributed by atoms with Crippen LogP contribution in [0.3, 0.4) is 0 Å². The number of hydrogen-bond donors (Lipinski definition) is 2. The lowest BCUT2D eigenvalue weighted by Gasteiger charge is -1.91. The van der Waals surface area contributed by atoms with Crippen LogP contribution in [0.1, 0.15) is 10.4 Å².